The van der Waals surface area contributed by atoms with Crippen LogP contribution in [0.4, 0.5) is 0 Å². The number of aliphatic hydroxyl groups excluding tert-OH is 1. The van der Waals surface area contributed by atoms with Gasteiger partial charge in [-0.2, -0.15) is 0 Å². The van der Waals surface area contributed by atoms with Crippen LogP contribution in [-0.2, 0) is 0 Å². The Morgan fingerprint density at radius 3 is 2.37 bits per heavy atom. The lowest BCUT2D eigenvalue weighted by atomic mass is 10.00. The highest BCUT2D eigenvalue weighted by molar-refractivity contribution is 5.98. The molecule has 4 aromatic rings. The van der Waals surface area contributed by atoms with E-state index in [4.69, 9.17) is 4.98 Å². The third-order valence-corrected chi connectivity index (χ3v) is 5.62. The average molecular weight is 397 g/mol. The SMILES string of the molecule is CN1C(=O)c2ccccc2-n2c(nc3ccccc3c2=O)C1[C@H](O)c1ccccc1. The Labute approximate surface area is 172 Å². The summed E-state index contributed by atoms with van der Waals surface area (Å²) in [5.41, 5.74) is 1.76. The van der Waals surface area contributed by atoms with Gasteiger partial charge in [0.1, 0.15) is 18.0 Å². The average Bonchev–Trinajstić information content (AvgIpc) is 2.88. The minimum absolute atomic E-state index is 0.267. The van der Waals surface area contributed by atoms with Crippen LogP contribution in [0.5, 0.6) is 0 Å². The van der Waals surface area contributed by atoms with Crippen molar-refractivity contribution in [3.05, 3.63) is 106 Å². The quantitative estimate of drug-likeness (QED) is 0.563. The van der Waals surface area contributed by atoms with Crippen LogP contribution in [0.2, 0.25) is 0 Å². The molecule has 148 valence electrons. The second-order valence-corrected chi connectivity index (χ2v) is 7.36. The summed E-state index contributed by atoms with van der Waals surface area (Å²) in [4.78, 5) is 33.1. The van der Waals surface area contributed by atoms with Crippen molar-refractivity contribution in [2.24, 2.45) is 0 Å². The van der Waals surface area contributed by atoms with Gasteiger partial charge in [-0.3, -0.25) is 14.2 Å². The molecule has 1 amide bonds. The standard InChI is InChI=1S/C24H19N3O3/c1-26-20(21(28)15-9-3-2-4-10-15)22-25-18-13-7-5-11-16(18)24(30)27(22)19-14-8-6-12-17(19)23(26)29/h2-14,20-21,28H,1H3/t20?,21-/m1/s1. The Kier molecular flexibility index (Phi) is 4.22. The molecule has 30 heavy (non-hydrogen) atoms. The topological polar surface area (TPSA) is 75.4 Å². The molecule has 1 N–H and O–H groups in total. The van der Waals surface area contributed by atoms with E-state index in [1.54, 1.807) is 61.6 Å². The molecule has 5 rings (SSSR count). The Bertz CT molecular complexity index is 1330. The molecule has 0 aliphatic carbocycles. The first-order valence-electron chi connectivity index (χ1n) is 9.69. The van der Waals surface area contributed by atoms with Crippen LogP contribution in [0.3, 0.4) is 0 Å². The molecule has 1 aliphatic heterocycles. The molecule has 2 heterocycles. The molecule has 2 atom stereocenters. The number of carbonyl (C=O) groups is 1. The maximum atomic E-state index is 13.5. The van der Waals surface area contributed by atoms with E-state index in [0.717, 1.165) is 0 Å². The first-order valence-corrected chi connectivity index (χ1v) is 9.69. The number of amides is 1. The lowest BCUT2D eigenvalue weighted by molar-refractivity contribution is 0.0413. The lowest BCUT2D eigenvalue weighted by Gasteiger charge is -2.30. The number of nitrogens with zero attached hydrogens (tertiary/aromatic N) is 3. The van der Waals surface area contributed by atoms with Gasteiger partial charge in [0.2, 0.25) is 0 Å². The maximum Gasteiger partial charge on any atom is 0.266 e. The first-order chi connectivity index (χ1) is 14.6. The number of likely N-dealkylation sites (N-methyl/N-ethyl adjacent to an activating group) is 1. The van der Waals surface area contributed by atoms with E-state index in [1.807, 2.05) is 24.3 Å². The van der Waals surface area contributed by atoms with Crippen LogP contribution in [0.15, 0.2) is 83.7 Å². The van der Waals surface area contributed by atoms with Crippen LogP contribution in [-0.4, -0.2) is 32.5 Å². The fourth-order valence-electron chi connectivity index (χ4n) is 4.11. The zero-order chi connectivity index (χ0) is 20.8. The molecular formula is C24H19N3O3. The van der Waals surface area contributed by atoms with Gasteiger partial charge in [-0.25, -0.2) is 4.98 Å². The van der Waals surface area contributed by atoms with Crippen LogP contribution in [0.25, 0.3) is 16.6 Å². The summed E-state index contributed by atoms with van der Waals surface area (Å²) >= 11 is 0. The van der Waals surface area contributed by atoms with Crippen LogP contribution in [0, 0.1) is 0 Å². The summed E-state index contributed by atoms with van der Waals surface area (Å²) in [5.74, 6) is 0.0513. The number of fused-ring (bicyclic) bond motifs is 4. The van der Waals surface area contributed by atoms with E-state index in [1.165, 1.54) is 9.47 Å². The van der Waals surface area contributed by atoms with Crippen molar-refractivity contribution in [2.75, 3.05) is 7.05 Å². The normalized spacial score (nSPS) is 16.7. The number of aromatic nitrogens is 2. The minimum atomic E-state index is -1.06. The monoisotopic (exact) mass is 397 g/mol. The Morgan fingerprint density at radius 2 is 1.57 bits per heavy atom. The van der Waals surface area contributed by atoms with Crippen molar-refractivity contribution in [1.29, 1.82) is 0 Å². The van der Waals surface area contributed by atoms with Crippen LogP contribution in [0.1, 0.15) is 33.9 Å². The summed E-state index contributed by atoms with van der Waals surface area (Å²) < 4.78 is 1.47. The third kappa shape index (κ3) is 2.65. The van der Waals surface area contributed by atoms with E-state index >= 15 is 0 Å². The molecule has 0 saturated heterocycles. The van der Waals surface area contributed by atoms with Gasteiger partial charge >= 0.3 is 0 Å². The highest BCUT2D eigenvalue weighted by atomic mass is 16.3. The Hall–Kier alpha value is -3.77. The van der Waals surface area contributed by atoms with Gasteiger partial charge in [0.25, 0.3) is 11.5 Å². The maximum absolute atomic E-state index is 13.5. The summed E-state index contributed by atoms with van der Waals surface area (Å²) in [6.45, 7) is 0. The molecule has 0 saturated carbocycles. The molecule has 0 bridgehead atoms. The zero-order valence-electron chi connectivity index (χ0n) is 16.3. The van der Waals surface area contributed by atoms with Crippen molar-refractivity contribution >= 4 is 16.8 Å². The highest BCUT2D eigenvalue weighted by Gasteiger charge is 2.38. The van der Waals surface area contributed by atoms with E-state index < -0.39 is 12.1 Å². The van der Waals surface area contributed by atoms with Crippen molar-refractivity contribution in [3.8, 4) is 5.69 Å². The Morgan fingerprint density at radius 1 is 0.900 bits per heavy atom. The molecule has 1 aromatic heterocycles. The number of para-hydroxylation sites is 2. The van der Waals surface area contributed by atoms with Gasteiger partial charge in [-0.15, -0.1) is 0 Å². The summed E-state index contributed by atoms with van der Waals surface area (Å²) in [5, 5.41) is 11.8. The molecular weight excluding hydrogens is 378 g/mol. The van der Waals surface area contributed by atoms with Gasteiger partial charge in [0.05, 0.1) is 22.2 Å². The van der Waals surface area contributed by atoms with E-state index in [9.17, 15) is 14.7 Å². The highest BCUT2D eigenvalue weighted by Crippen LogP contribution is 2.37. The molecule has 0 spiro atoms. The zero-order valence-corrected chi connectivity index (χ0v) is 16.3. The molecule has 1 aliphatic rings. The van der Waals surface area contributed by atoms with Gasteiger partial charge in [-0.1, -0.05) is 54.6 Å². The van der Waals surface area contributed by atoms with Gasteiger partial charge in [0, 0.05) is 7.05 Å². The van der Waals surface area contributed by atoms with E-state index in [2.05, 4.69) is 0 Å². The van der Waals surface area contributed by atoms with Crippen LogP contribution >= 0.6 is 0 Å². The molecule has 0 fully saturated rings. The summed E-state index contributed by atoms with van der Waals surface area (Å²) in [6.07, 6.45) is -1.06. The molecule has 3 aromatic carbocycles. The second-order valence-electron chi connectivity index (χ2n) is 7.36. The molecule has 0 radical (unpaired) electrons. The fourth-order valence-corrected chi connectivity index (χ4v) is 4.11. The fraction of sp³-hybridized carbons (Fsp3) is 0.125. The van der Waals surface area contributed by atoms with Crippen molar-refractivity contribution in [3.63, 3.8) is 0 Å². The smallest absolute Gasteiger partial charge is 0.266 e. The predicted octanol–water partition coefficient (Wildman–Crippen LogP) is 3.25. The molecule has 6 nitrogen and oxygen atoms in total. The number of rotatable bonds is 2. The third-order valence-electron chi connectivity index (χ3n) is 5.62. The largest absolute Gasteiger partial charge is 0.386 e. The minimum Gasteiger partial charge on any atom is -0.386 e. The van der Waals surface area contributed by atoms with E-state index in [0.29, 0.717) is 33.5 Å². The predicted molar refractivity (Wildman–Crippen MR) is 114 cm³/mol. The van der Waals surface area contributed by atoms with Crippen LogP contribution < -0.4 is 5.56 Å². The lowest BCUT2D eigenvalue weighted by Crippen LogP contribution is -2.36. The van der Waals surface area contributed by atoms with Crippen molar-refractivity contribution in [1.82, 2.24) is 14.5 Å². The van der Waals surface area contributed by atoms with Gasteiger partial charge < -0.3 is 10.0 Å². The van der Waals surface area contributed by atoms with Crippen molar-refractivity contribution in [2.45, 2.75) is 12.1 Å². The first kappa shape index (κ1) is 18.3. The van der Waals surface area contributed by atoms with Crippen molar-refractivity contribution < 1.29 is 9.90 Å². The number of hydrogen-bond acceptors (Lipinski definition) is 4. The molecule has 6 heteroatoms. The second kappa shape index (κ2) is 6.93. The van der Waals surface area contributed by atoms with Gasteiger partial charge in [-0.05, 0) is 29.8 Å². The number of aliphatic hydroxyl groups is 1. The molecule has 1 unspecified atom stereocenters. The van der Waals surface area contributed by atoms with Gasteiger partial charge in [0.15, 0.2) is 0 Å². The summed E-state index contributed by atoms with van der Waals surface area (Å²) in [7, 11) is 1.63. The number of benzene rings is 3. The van der Waals surface area contributed by atoms with E-state index in [-0.39, 0.29) is 11.5 Å². The Balaban J connectivity index is 1.87. The number of carbonyl (C=O) groups excluding carboxylic acids is 1. The number of hydrogen-bond donors (Lipinski definition) is 1. The summed E-state index contributed by atoms with van der Waals surface area (Å²) in [6, 6.07) is 22.3.